The van der Waals surface area contributed by atoms with Crippen LogP contribution < -0.4 is 0 Å². The van der Waals surface area contributed by atoms with Gasteiger partial charge in [-0.3, -0.25) is 9.05 Å². The summed E-state index contributed by atoms with van der Waals surface area (Å²) >= 11 is 0. The first-order chi connectivity index (χ1) is 7.84. The van der Waals surface area contributed by atoms with Gasteiger partial charge in [-0.1, -0.05) is 13.8 Å². The van der Waals surface area contributed by atoms with Crippen LogP contribution in [0.1, 0.15) is 27.2 Å². The third-order valence-corrected chi connectivity index (χ3v) is 3.31. The van der Waals surface area contributed by atoms with Gasteiger partial charge in [0, 0.05) is 6.42 Å². The Balaban J connectivity index is 2.51. The van der Waals surface area contributed by atoms with E-state index in [1.54, 1.807) is 6.92 Å². The van der Waals surface area contributed by atoms with Crippen LogP contribution in [0.3, 0.4) is 0 Å². The fourth-order valence-electron chi connectivity index (χ4n) is 1.54. The molecule has 1 heterocycles. The maximum atomic E-state index is 11.6. The van der Waals surface area contributed by atoms with Crippen LogP contribution in [0, 0.1) is 5.92 Å². The summed E-state index contributed by atoms with van der Waals surface area (Å²) in [5.41, 5.74) is 0. The molecule has 1 saturated heterocycles. The second kappa shape index (κ2) is 6.07. The normalized spacial score (nSPS) is 32.6. The van der Waals surface area contributed by atoms with E-state index < -0.39 is 20.0 Å². The van der Waals surface area contributed by atoms with Crippen LogP contribution in [0.15, 0.2) is 0 Å². The fraction of sp³-hybridized carbons (Fsp3) is 0.900. The lowest BCUT2D eigenvalue weighted by Gasteiger charge is -2.18. The zero-order valence-electron chi connectivity index (χ0n) is 10.2. The number of phosphoric ester groups is 1. The molecule has 0 saturated carbocycles. The molecule has 6 nitrogen and oxygen atoms in total. The first-order valence-corrected chi connectivity index (χ1v) is 7.10. The van der Waals surface area contributed by atoms with Crippen molar-refractivity contribution in [1.29, 1.82) is 0 Å². The lowest BCUT2D eigenvalue weighted by molar-refractivity contribution is -0.120. The first-order valence-electron chi connectivity index (χ1n) is 5.60. The van der Waals surface area contributed by atoms with Crippen LogP contribution in [-0.4, -0.2) is 36.1 Å². The second-order valence-corrected chi connectivity index (χ2v) is 5.99. The highest BCUT2D eigenvalue weighted by molar-refractivity contribution is 7.47. The van der Waals surface area contributed by atoms with E-state index in [4.69, 9.17) is 13.8 Å². The third kappa shape index (κ3) is 4.85. The number of aldehydes is 1. The van der Waals surface area contributed by atoms with Crippen molar-refractivity contribution < 1.29 is 28.0 Å². The quantitative estimate of drug-likeness (QED) is 0.579. The number of hydrogen-bond acceptors (Lipinski definition) is 5. The lowest BCUT2D eigenvalue weighted by atomic mass is 10.2. The third-order valence-electron chi connectivity index (χ3n) is 2.29. The van der Waals surface area contributed by atoms with Gasteiger partial charge in [-0.25, -0.2) is 4.57 Å². The molecule has 0 aliphatic carbocycles. The number of phosphoric acid groups is 1. The van der Waals surface area contributed by atoms with Gasteiger partial charge >= 0.3 is 7.82 Å². The minimum Gasteiger partial charge on any atom is -0.365 e. The topological polar surface area (TPSA) is 82.1 Å². The molecule has 1 aliphatic heterocycles. The number of carbonyl (C=O) groups excluding carboxylic acids is 1. The van der Waals surface area contributed by atoms with Crippen LogP contribution in [0.5, 0.6) is 0 Å². The largest absolute Gasteiger partial charge is 0.472 e. The molecular formula is C10H19O6P. The summed E-state index contributed by atoms with van der Waals surface area (Å²) in [6.45, 7) is 5.61. The Morgan fingerprint density at radius 1 is 1.59 bits per heavy atom. The van der Waals surface area contributed by atoms with Gasteiger partial charge in [-0.05, 0) is 12.8 Å². The molecule has 0 aromatic carbocycles. The number of ether oxygens (including phenoxy) is 1. The molecule has 1 fully saturated rings. The minimum absolute atomic E-state index is 0.125. The van der Waals surface area contributed by atoms with Crippen LogP contribution >= 0.6 is 7.82 Å². The Morgan fingerprint density at radius 2 is 2.24 bits per heavy atom. The van der Waals surface area contributed by atoms with E-state index in [0.29, 0.717) is 12.7 Å². The molecule has 1 N–H and O–H groups in total. The lowest BCUT2D eigenvalue weighted by Crippen LogP contribution is -2.25. The van der Waals surface area contributed by atoms with Gasteiger partial charge in [-0.2, -0.15) is 0 Å². The van der Waals surface area contributed by atoms with Crippen molar-refractivity contribution in [2.75, 3.05) is 6.61 Å². The summed E-state index contributed by atoms with van der Waals surface area (Å²) < 4.78 is 26.5. The summed E-state index contributed by atoms with van der Waals surface area (Å²) in [7, 11) is -4.11. The molecule has 4 atom stereocenters. The van der Waals surface area contributed by atoms with Crippen molar-refractivity contribution in [2.45, 2.75) is 45.5 Å². The molecule has 0 radical (unpaired) electrons. The van der Waals surface area contributed by atoms with Crippen molar-refractivity contribution in [3.05, 3.63) is 0 Å². The Bertz CT molecular complexity index is 305. The maximum absolute atomic E-state index is 11.6. The number of rotatable bonds is 6. The Hall–Kier alpha value is -0.260. The van der Waals surface area contributed by atoms with E-state index in [1.165, 1.54) is 0 Å². The van der Waals surface area contributed by atoms with E-state index in [2.05, 4.69) is 0 Å². The Kier molecular flexibility index (Phi) is 5.28. The summed E-state index contributed by atoms with van der Waals surface area (Å²) in [5.74, 6) is 0.125. The zero-order chi connectivity index (χ0) is 13.1. The molecule has 2 unspecified atom stereocenters. The Labute approximate surface area is 101 Å². The molecular weight excluding hydrogens is 247 g/mol. The smallest absolute Gasteiger partial charge is 0.365 e. The molecule has 0 aromatic rings. The number of carbonyl (C=O) groups is 1. The zero-order valence-corrected chi connectivity index (χ0v) is 11.1. The van der Waals surface area contributed by atoms with E-state index in [1.807, 2.05) is 13.8 Å². The van der Waals surface area contributed by atoms with Gasteiger partial charge < -0.3 is 14.4 Å². The molecule has 7 heteroatoms. The summed E-state index contributed by atoms with van der Waals surface area (Å²) in [4.78, 5) is 20.2. The summed E-state index contributed by atoms with van der Waals surface area (Å²) in [5, 5.41) is 0. The van der Waals surface area contributed by atoms with Crippen LogP contribution in [0.2, 0.25) is 0 Å². The highest BCUT2D eigenvalue weighted by Crippen LogP contribution is 2.47. The van der Waals surface area contributed by atoms with Crippen molar-refractivity contribution in [2.24, 2.45) is 5.92 Å². The van der Waals surface area contributed by atoms with Gasteiger partial charge in [0.05, 0.1) is 12.7 Å². The van der Waals surface area contributed by atoms with E-state index in [0.717, 1.165) is 0 Å². The highest BCUT2D eigenvalue weighted by Gasteiger charge is 2.39. The second-order valence-electron chi connectivity index (χ2n) is 4.59. The standard InChI is InChI=1S/C10H19O6P/c1-7(2)6-14-17(12,13)16-9-4-8(3)15-10(9)5-11/h5,7-10H,4,6H2,1-3H3,(H,12,13)/t8-,9?,10+/m0/s1. The van der Waals surface area contributed by atoms with Crippen molar-refractivity contribution in [3.63, 3.8) is 0 Å². The monoisotopic (exact) mass is 266 g/mol. The molecule has 1 aliphatic rings. The van der Waals surface area contributed by atoms with Crippen molar-refractivity contribution >= 4 is 14.1 Å². The van der Waals surface area contributed by atoms with Crippen LogP contribution in [0.25, 0.3) is 0 Å². The van der Waals surface area contributed by atoms with Gasteiger partial charge in [0.1, 0.15) is 12.2 Å². The summed E-state index contributed by atoms with van der Waals surface area (Å²) in [6.07, 6.45) is -0.700. The molecule has 0 aromatic heterocycles. The predicted octanol–water partition coefficient (Wildman–Crippen LogP) is 1.52. The first kappa shape index (κ1) is 14.8. The SMILES string of the molecule is CC(C)COP(=O)(O)OC1C[C@H](C)O[C@@H]1C=O. The molecule has 1 rings (SSSR count). The van der Waals surface area contributed by atoms with Gasteiger partial charge in [0.2, 0.25) is 0 Å². The molecule has 0 bridgehead atoms. The minimum atomic E-state index is -4.11. The average molecular weight is 266 g/mol. The van der Waals surface area contributed by atoms with Crippen molar-refractivity contribution in [1.82, 2.24) is 0 Å². The highest BCUT2D eigenvalue weighted by atomic mass is 31.2. The van der Waals surface area contributed by atoms with Crippen molar-refractivity contribution in [3.8, 4) is 0 Å². The van der Waals surface area contributed by atoms with Gasteiger partial charge in [-0.15, -0.1) is 0 Å². The van der Waals surface area contributed by atoms with Gasteiger partial charge in [0.15, 0.2) is 6.29 Å². The van der Waals surface area contributed by atoms with E-state index >= 15 is 0 Å². The fourth-order valence-corrected chi connectivity index (χ4v) is 2.64. The molecule has 17 heavy (non-hydrogen) atoms. The average Bonchev–Trinajstić information content (AvgIpc) is 2.55. The Morgan fingerprint density at radius 3 is 2.76 bits per heavy atom. The van der Waals surface area contributed by atoms with Gasteiger partial charge in [0.25, 0.3) is 0 Å². The number of hydrogen-bond donors (Lipinski definition) is 1. The maximum Gasteiger partial charge on any atom is 0.472 e. The molecule has 0 amide bonds. The van der Waals surface area contributed by atoms with E-state index in [9.17, 15) is 14.3 Å². The molecule has 0 spiro atoms. The summed E-state index contributed by atoms with van der Waals surface area (Å²) in [6, 6.07) is 0. The molecule has 100 valence electrons. The van der Waals surface area contributed by atoms with Crippen LogP contribution in [-0.2, 0) is 23.1 Å². The van der Waals surface area contributed by atoms with E-state index in [-0.39, 0.29) is 18.6 Å². The predicted molar refractivity (Wildman–Crippen MR) is 60.5 cm³/mol. The van der Waals surface area contributed by atoms with Crippen LogP contribution in [0.4, 0.5) is 0 Å².